The number of ether oxygens (including phenoxy) is 1. The highest BCUT2D eigenvalue weighted by atomic mass is 32.2. The smallest absolute Gasteiger partial charge is 0.307 e. The number of nitrogens with zero attached hydrogens (tertiary/aromatic N) is 1. The average Bonchev–Trinajstić information content (AvgIpc) is 2.35. The molecule has 0 saturated carbocycles. The molecule has 1 unspecified atom stereocenters. The zero-order chi connectivity index (χ0) is 15.4. The summed E-state index contributed by atoms with van der Waals surface area (Å²) in [6, 6.07) is 0. The Balaban J connectivity index is 3.71. The molecule has 20 heavy (non-hydrogen) atoms. The van der Waals surface area contributed by atoms with Crippen LogP contribution in [0.3, 0.4) is 0 Å². The second-order valence-electron chi connectivity index (χ2n) is 5.31. The van der Waals surface area contributed by atoms with Gasteiger partial charge in [-0.3, -0.25) is 9.69 Å². The van der Waals surface area contributed by atoms with E-state index in [0.29, 0.717) is 19.6 Å². The number of rotatable bonds is 13. The Morgan fingerprint density at radius 2 is 2.05 bits per heavy atom. The minimum Gasteiger partial charge on any atom is -0.481 e. The zero-order valence-corrected chi connectivity index (χ0v) is 13.9. The number of aliphatic carboxylic acids is 1. The van der Waals surface area contributed by atoms with Gasteiger partial charge in [-0.05, 0) is 45.9 Å². The first kappa shape index (κ1) is 19.5. The van der Waals surface area contributed by atoms with Crippen LogP contribution in [0.5, 0.6) is 0 Å². The van der Waals surface area contributed by atoms with E-state index >= 15 is 0 Å². The van der Waals surface area contributed by atoms with Crippen molar-refractivity contribution >= 4 is 17.7 Å². The van der Waals surface area contributed by atoms with Crippen LogP contribution in [0, 0.1) is 5.92 Å². The van der Waals surface area contributed by atoms with E-state index in [9.17, 15) is 9.90 Å². The Bertz CT molecular complexity index is 284. The van der Waals surface area contributed by atoms with Crippen molar-refractivity contribution in [2.75, 3.05) is 38.9 Å². The van der Waals surface area contributed by atoms with Gasteiger partial charge in [0.25, 0.3) is 0 Å². The minimum absolute atomic E-state index is 0.300. The molecule has 0 spiro atoms. The normalized spacial score (nSPS) is 12.6. The van der Waals surface area contributed by atoms with E-state index in [1.165, 1.54) is 5.57 Å². The van der Waals surface area contributed by atoms with Crippen LogP contribution in [0.2, 0.25) is 0 Å². The van der Waals surface area contributed by atoms with E-state index in [0.717, 1.165) is 31.7 Å². The molecule has 0 radical (unpaired) electrons. The van der Waals surface area contributed by atoms with Crippen LogP contribution >= 0.6 is 11.8 Å². The molecule has 0 aromatic rings. The van der Waals surface area contributed by atoms with Crippen LogP contribution in [0.1, 0.15) is 32.6 Å². The predicted octanol–water partition coefficient (Wildman–Crippen LogP) is 3.09. The molecule has 0 aromatic heterocycles. The van der Waals surface area contributed by atoms with Crippen LogP contribution in [0.25, 0.3) is 0 Å². The first-order valence-corrected chi connectivity index (χ1v) is 8.49. The van der Waals surface area contributed by atoms with Gasteiger partial charge in [-0.25, -0.2) is 0 Å². The van der Waals surface area contributed by atoms with E-state index in [4.69, 9.17) is 4.74 Å². The van der Waals surface area contributed by atoms with Crippen molar-refractivity contribution in [3.05, 3.63) is 12.2 Å². The van der Waals surface area contributed by atoms with Gasteiger partial charge in [0.2, 0.25) is 0 Å². The topological polar surface area (TPSA) is 49.8 Å². The molecule has 4 nitrogen and oxygen atoms in total. The summed E-state index contributed by atoms with van der Waals surface area (Å²) in [5, 5.41) is 9.21. The summed E-state index contributed by atoms with van der Waals surface area (Å²) in [5.41, 5.74) is 1.18. The fourth-order valence-electron chi connectivity index (χ4n) is 1.95. The molecular formula is C15H29NO3S. The van der Waals surface area contributed by atoms with Crippen molar-refractivity contribution in [3.63, 3.8) is 0 Å². The van der Waals surface area contributed by atoms with E-state index in [2.05, 4.69) is 11.5 Å². The molecule has 118 valence electrons. The van der Waals surface area contributed by atoms with Crippen molar-refractivity contribution in [2.24, 2.45) is 5.92 Å². The van der Waals surface area contributed by atoms with E-state index < -0.39 is 5.97 Å². The second kappa shape index (κ2) is 12.2. The quantitative estimate of drug-likeness (QED) is 0.322. The number of allylic oxidation sites excluding steroid dienone is 1. The van der Waals surface area contributed by atoms with Gasteiger partial charge < -0.3 is 9.84 Å². The summed E-state index contributed by atoms with van der Waals surface area (Å²) in [7, 11) is 1.96. The van der Waals surface area contributed by atoms with Crippen LogP contribution in [-0.2, 0) is 9.53 Å². The van der Waals surface area contributed by atoms with Crippen molar-refractivity contribution in [1.82, 2.24) is 4.90 Å². The SMILES string of the molecule is C=C(C)CCCOCCCC(CN(C)CSC)C(=O)O. The molecule has 0 fully saturated rings. The van der Waals surface area contributed by atoms with E-state index in [1.54, 1.807) is 11.8 Å². The molecule has 0 heterocycles. The summed E-state index contributed by atoms with van der Waals surface area (Å²) in [4.78, 5) is 13.2. The third-order valence-corrected chi connectivity index (χ3v) is 3.66. The molecule has 0 aromatic carbocycles. The first-order chi connectivity index (χ1) is 9.47. The Morgan fingerprint density at radius 1 is 1.40 bits per heavy atom. The minimum atomic E-state index is -0.708. The highest BCUT2D eigenvalue weighted by Gasteiger charge is 2.18. The number of carboxylic acid groups (broad SMARTS) is 1. The first-order valence-electron chi connectivity index (χ1n) is 7.09. The Morgan fingerprint density at radius 3 is 2.60 bits per heavy atom. The highest BCUT2D eigenvalue weighted by molar-refractivity contribution is 7.98. The van der Waals surface area contributed by atoms with Crippen molar-refractivity contribution in [3.8, 4) is 0 Å². The van der Waals surface area contributed by atoms with Crippen LogP contribution < -0.4 is 0 Å². The number of hydrogen-bond acceptors (Lipinski definition) is 4. The molecule has 0 bridgehead atoms. The lowest BCUT2D eigenvalue weighted by Gasteiger charge is -2.20. The molecule has 1 atom stereocenters. The molecule has 0 aliphatic rings. The van der Waals surface area contributed by atoms with Crippen LogP contribution in [-0.4, -0.2) is 54.9 Å². The second-order valence-corrected chi connectivity index (χ2v) is 6.14. The molecule has 0 amide bonds. The van der Waals surface area contributed by atoms with Crippen molar-refractivity contribution < 1.29 is 14.6 Å². The number of thioether (sulfide) groups is 1. The van der Waals surface area contributed by atoms with Gasteiger partial charge in [-0.1, -0.05) is 5.57 Å². The van der Waals surface area contributed by atoms with E-state index in [1.807, 2.05) is 20.2 Å². The summed E-state index contributed by atoms with van der Waals surface area (Å²) in [5.74, 6) is -0.146. The molecule has 0 aliphatic heterocycles. The molecule has 5 heteroatoms. The average molecular weight is 303 g/mol. The summed E-state index contributed by atoms with van der Waals surface area (Å²) < 4.78 is 5.51. The molecular weight excluding hydrogens is 274 g/mol. The lowest BCUT2D eigenvalue weighted by Crippen LogP contribution is -2.30. The molecule has 0 rings (SSSR count). The number of hydrogen-bond donors (Lipinski definition) is 1. The number of carbonyl (C=O) groups is 1. The van der Waals surface area contributed by atoms with Gasteiger partial charge in [-0.2, -0.15) is 0 Å². The van der Waals surface area contributed by atoms with Gasteiger partial charge in [-0.15, -0.1) is 18.3 Å². The Labute approximate surface area is 127 Å². The predicted molar refractivity (Wildman–Crippen MR) is 86.2 cm³/mol. The Hall–Kier alpha value is -0.520. The van der Waals surface area contributed by atoms with Gasteiger partial charge in [0.15, 0.2) is 0 Å². The third-order valence-electron chi connectivity index (χ3n) is 2.96. The largest absolute Gasteiger partial charge is 0.481 e. The molecule has 0 aliphatic carbocycles. The number of carboxylic acids is 1. The Kier molecular flexibility index (Phi) is 11.9. The maximum absolute atomic E-state index is 11.2. The summed E-state index contributed by atoms with van der Waals surface area (Å²) in [6.45, 7) is 7.84. The fourth-order valence-corrected chi connectivity index (χ4v) is 2.50. The monoisotopic (exact) mass is 303 g/mol. The van der Waals surface area contributed by atoms with Gasteiger partial charge >= 0.3 is 5.97 Å². The highest BCUT2D eigenvalue weighted by Crippen LogP contribution is 2.11. The van der Waals surface area contributed by atoms with Gasteiger partial charge in [0.05, 0.1) is 5.92 Å². The van der Waals surface area contributed by atoms with E-state index in [-0.39, 0.29) is 5.92 Å². The van der Waals surface area contributed by atoms with Crippen molar-refractivity contribution in [2.45, 2.75) is 32.6 Å². The lowest BCUT2D eigenvalue weighted by atomic mass is 10.0. The third kappa shape index (κ3) is 11.3. The summed E-state index contributed by atoms with van der Waals surface area (Å²) in [6.07, 6.45) is 5.49. The van der Waals surface area contributed by atoms with Crippen molar-refractivity contribution in [1.29, 1.82) is 0 Å². The van der Waals surface area contributed by atoms with Gasteiger partial charge in [0, 0.05) is 25.6 Å². The maximum atomic E-state index is 11.2. The molecule has 0 saturated heterocycles. The zero-order valence-electron chi connectivity index (χ0n) is 13.1. The van der Waals surface area contributed by atoms with Crippen LogP contribution in [0.15, 0.2) is 12.2 Å². The van der Waals surface area contributed by atoms with Gasteiger partial charge in [0.1, 0.15) is 0 Å². The lowest BCUT2D eigenvalue weighted by molar-refractivity contribution is -0.142. The fraction of sp³-hybridized carbons (Fsp3) is 0.800. The molecule has 1 N–H and O–H groups in total. The standard InChI is InChI=1S/C15H29NO3S/c1-13(2)7-5-9-19-10-6-8-14(15(17)18)11-16(3)12-20-4/h14H,1,5-12H2,2-4H3,(H,17,18). The summed E-state index contributed by atoms with van der Waals surface area (Å²) >= 11 is 1.70. The van der Waals surface area contributed by atoms with Crippen LogP contribution in [0.4, 0.5) is 0 Å². The maximum Gasteiger partial charge on any atom is 0.307 e.